The summed E-state index contributed by atoms with van der Waals surface area (Å²) in [4.78, 5) is 11.7. The van der Waals surface area contributed by atoms with Gasteiger partial charge in [0.15, 0.2) is 0 Å². The molecule has 0 bridgehead atoms. The quantitative estimate of drug-likeness (QED) is 0.847. The van der Waals surface area contributed by atoms with Gasteiger partial charge in [0.2, 0.25) is 5.91 Å². The van der Waals surface area contributed by atoms with Gasteiger partial charge < -0.3 is 5.32 Å². The Labute approximate surface area is 101 Å². The fourth-order valence-corrected chi connectivity index (χ4v) is 2.27. The van der Waals surface area contributed by atoms with E-state index >= 15 is 0 Å². The first-order valence-corrected chi connectivity index (χ1v) is 6.35. The maximum absolute atomic E-state index is 11.7. The molecular formula is C11H19N5O. The van der Waals surface area contributed by atoms with E-state index in [0.29, 0.717) is 6.04 Å². The van der Waals surface area contributed by atoms with Crippen molar-refractivity contribution in [2.75, 3.05) is 0 Å². The zero-order valence-corrected chi connectivity index (χ0v) is 10.0. The van der Waals surface area contributed by atoms with E-state index in [1.165, 1.54) is 43.1 Å². The van der Waals surface area contributed by atoms with Crippen molar-refractivity contribution in [2.24, 2.45) is 0 Å². The molecule has 6 heteroatoms. The lowest BCUT2D eigenvalue weighted by Crippen LogP contribution is -2.37. The third kappa shape index (κ3) is 4.13. The molecule has 0 aromatic carbocycles. The van der Waals surface area contributed by atoms with Gasteiger partial charge in [0.25, 0.3) is 0 Å². The lowest BCUT2D eigenvalue weighted by Gasteiger charge is -2.20. The highest BCUT2D eigenvalue weighted by Gasteiger charge is 2.14. The van der Waals surface area contributed by atoms with Crippen molar-refractivity contribution in [1.82, 2.24) is 25.5 Å². The number of nitrogens with one attached hydrogen (secondary N) is 1. The van der Waals surface area contributed by atoms with E-state index in [0.717, 1.165) is 12.8 Å². The number of carbonyl (C=O) groups excluding carboxylic acids is 1. The van der Waals surface area contributed by atoms with E-state index in [4.69, 9.17) is 0 Å². The minimum atomic E-state index is 0.00266. The van der Waals surface area contributed by atoms with E-state index in [1.807, 2.05) is 0 Å². The molecule has 1 saturated carbocycles. The molecule has 1 aliphatic carbocycles. The zero-order valence-electron chi connectivity index (χ0n) is 10.0. The molecule has 1 fully saturated rings. The van der Waals surface area contributed by atoms with Crippen LogP contribution in [0.1, 0.15) is 44.9 Å². The van der Waals surface area contributed by atoms with Gasteiger partial charge in [0.1, 0.15) is 12.9 Å². The van der Waals surface area contributed by atoms with Crippen molar-refractivity contribution in [1.29, 1.82) is 0 Å². The van der Waals surface area contributed by atoms with E-state index in [-0.39, 0.29) is 12.5 Å². The molecule has 0 atom stereocenters. The molecule has 0 saturated heterocycles. The number of hydrogen-bond acceptors (Lipinski definition) is 4. The summed E-state index contributed by atoms with van der Waals surface area (Å²) in [6.45, 7) is 0.212. The van der Waals surface area contributed by atoms with E-state index in [1.54, 1.807) is 0 Å². The van der Waals surface area contributed by atoms with E-state index in [2.05, 4.69) is 20.8 Å². The van der Waals surface area contributed by atoms with Gasteiger partial charge in [0.05, 0.1) is 0 Å². The van der Waals surface area contributed by atoms with Crippen LogP contribution in [0.4, 0.5) is 0 Å². The Kier molecular flexibility index (Phi) is 4.46. The van der Waals surface area contributed by atoms with Crippen LogP contribution in [0.2, 0.25) is 0 Å². The molecule has 94 valence electrons. The predicted octanol–water partition coefficient (Wildman–Crippen LogP) is 0.902. The number of hydrogen-bond donors (Lipinski definition) is 1. The maximum Gasteiger partial charge on any atom is 0.242 e. The van der Waals surface area contributed by atoms with Crippen LogP contribution in [0.25, 0.3) is 0 Å². The topological polar surface area (TPSA) is 72.7 Å². The summed E-state index contributed by atoms with van der Waals surface area (Å²) in [5.74, 6) is 0.00266. The zero-order chi connectivity index (χ0) is 11.9. The summed E-state index contributed by atoms with van der Waals surface area (Å²) < 4.78 is 1.44. The molecule has 2 rings (SSSR count). The molecule has 1 heterocycles. The van der Waals surface area contributed by atoms with Crippen molar-refractivity contribution in [3.8, 4) is 0 Å². The minimum absolute atomic E-state index is 0.00266. The van der Waals surface area contributed by atoms with Crippen molar-refractivity contribution in [2.45, 2.75) is 57.5 Å². The van der Waals surface area contributed by atoms with E-state index in [9.17, 15) is 4.79 Å². The van der Waals surface area contributed by atoms with Crippen LogP contribution in [0.3, 0.4) is 0 Å². The van der Waals surface area contributed by atoms with Crippen LogP contribution in [0, 0.1) is 0 Å². The van der Waals surface area contributed by atoms with Crippen molar-refractivity contribution in [3.05, 3.63) is 6.33 Å². The highest BCUT2D eigenvalue weighted by molar-refractivity contribution is 5.75. The fraction of sp³-hybridized carbons (Fsp3) is 0.818. The molecule has 0 radical (unpaired) electrons. The van der Waals surface area contributed by atoms with Crippen LogP contribution in [-0.2, 0) is 11.3 Å². The summed E-state index contributed by atoms with van der Waals surface area (Å²) in [7, 11) is 0. The highest BCUT2D eigenvalue weighted by atomic mass is 16.2. The lowest BCUT2D eigenvalue weighted by atomic mass is 9.97. The predicted molar refractivity (Wildman–Crippen MR) is 62.1 cm³/mol. The Morgan fingerprint density at radius 1 is 1.24 bits per heavy atom. The first-order valence-electron chi connectivity index (χ1n) is 6.35. The van der Waals surface area contributed by atoms with E-state index < -0.39 is 0 Å². The molecule has 1 amide bonds. The second-order valence-electron chi connectivity index (χ2n) is 4.62. The van der Waals surface area contributed by atoms with Crippen LogP contribution >= 0.6 is 0 Å². The standard InChI is InChI=1S/C11H19N5O/c17-11(8-16-9-12-14-15-16)13-10-6-4-2-1-3-5-7-10/h9-10H,1-8H2,(H,13,17). The SMILES string of the molecule is O=C(Cn1cnnn1)NC1CCCCCCC1. The maximum atomic E-state index is 11.7. The van der Waals surface area contributed by atoms with Crippen LogP contribution in [0.15, 0.2) is 6.33 Å². The molecule has 1 N–H and O–H groups in total. The summed E-state index contributed by atoms with van der Waals surface area (Å²) in [5, 5.41) is 13.8. The Hall–Kier alpha value is -1.46. The Bertz CT molecular complexity index is 330. The average molecular weight is 237 g/mol. The molecule has 0 aliphatic heterocycles. The summed E-state index contributed by atoms with van der Waals surface area (Å²) in [6, 6.07) is 0.333. The highest BCUT2D eigenvalue weighted by Crippen LogP contribution is 2.16. The molecule has 6 nitrogen and oxygen atoms in total. The van der Waals surface area contributed by atoms with Crippen molar-refractivity contribution >= 4 is 5.91 Å². The van der Waals surface area contributed by atoms with Gasteiger partial charge in [-0.25, -0.2) is 4.68 Å². The number of tetrazole rings is 1. The van der Waals surface area contributed by atoms with Gasteiger partial charge in [-0.1, -0.05) is 32.1 Å². The lowest BCUT2D eigenvalue weighted by molar-refractivity contribution is -0.122. The van der Waals surface area contributed by atoms with Crippen molar-refractivity contribution < 1.29 is 4.79 Å². The molecule has 17 heavy (non-hydrogen) atoms. The Morgan fingerprint density at radius 2 is 1.94 bits per heavy atom. The molecule has 1 aromatic heterocycles. The fourth-order valence-electron chi connectivity index (χ4n) is 2.27. The van der Waals surface area contributed by atoms with Gasteiger partial charge >= 0.3 is 0 Å². The molecule has 0 spiro atoms. The van der Waals surface area contributed by atoms with Crippen LogP contribution < -0.4 is 5.32 Å². The molecule has 1 aliphatic rings. The second kappa shape index (κ2) is 6.32. The Balaban J connectivity index is 1.76. The summed E-state index contributed by atoms with van der Waals surface area (Å²) in [6.07, 6.45) is 10.0. The largest absolute Gasteiger partial charge is 0.352 e. The third-order valence-corrected chi connectivity index (χ3v) is 3.17. The molecule has 1 aromatic rings. The summed E-state index contributed by atoms with van der Waals surface area (Å²) >= 11 is 0. The third-order valence-electron chi connectivity index (χ3n) is 3.17. The first-order chi connectivity index (χ1) is 8.34. The number of carbonyl (C=O) groups is 1. The number of amides is 1. The van der Waals surface area contributed by atoms with Gasteiger partial charge in [0, 0.05) is 6.04 Å². The summed E-state index contributed by atoms with van der Waals surface area (Å²) in [5.41, 5.74) is 0. The average Bonchev–Trinajstić information content (AvgIpc) is 2.74. The number of rotatable bonds is 3. The van der Waals surface area contributed by atoms with Gasteiger partial charge in [-0.05, 0) is 23.3 Å². The van der Waals surface area contributed by atoms with Gasteiger partial charge in [-0.15, -0.1) is 5.10 Å². The second-order valence-corrected chi connectivity index (χ2v) is 4.62. The van der Waals surface area contributed by atoms with Crippen LogP contribution in [-0.4, -0.2) is 32.2 Å². The van der Waals surface area contributed by atoms with Gasteiger partial charge in [-0.2, -0.15) is 0 Å². The van der Waals surface area contributed by atoms with Gasteiger partial charge in [-0.3, -0.25) is 4.79 Å². The Morgan fingerprint density at radius 3 is 2.59 bits per heavy atom. The molecular weight excluding hydrogens is 218 g/mol. The number of aromatic nitrogens is 4. The van der Waals surface area contributed by atoms with Crippen LogP contribution in [0.5, 0.6) is 0 Å². The normalized spacial score (nSPS) is 18.4. The minimum Gasteiger partial charge on any atom is -0.352 e. The first kappa shape index (κ1) is 12.0. The smallest absolute Gasteiger partial charge is 0.242 e. The van der Waals surface area contributed by atoms with Crippen molar-refractivity contribution in [3.63, 3.8) is 0 Å². The monoisotopic (exact) mass is 237 g/mol. The number of nitrogens with zero attached hydrogens (tertiary/aromatic N) is 4. The molecule has 0 unspecified atom stereocenters.